The Balaban J connectivity index is 2.53. The Hall–Kier alpha value is -2.50. The predicted octanol–water partition coefficient (Wildman–Crippen LogP) is 3.56. The van der Waals surface area contributed by atoms with Gasteiger partial charge in [-0.05, 0) is 31.8 Å². The van der Waals surface area contributed by atoms with Crippen molar-refractivity contribution in [3.8, 4) is 0 Å². The molecule has 2 aromatic heterocycles. The van der Waals surface area contributed by atoms with Crippen LogP contribution in [0.1, 0.15) is 16.7 Å². The molecule has 0 aliphatic heterocycles. The van der Waals surface area contributed by atoms with E-state index in [2.05, 4.69) is 9.97 Å². The lowest BCUT2D eigenvalue weighted by Crippen LogP contribution is -2.42. The molecule has 0 aliphatic carbocycles. The minimum absolute atomic E-state index is 0.184. The third-order valence-electron chi connectivity index (χ3n) is 4.35. The van der Waals surface area contributed by atoms with Gasteiger partial charge < -0.3 is 15.1 Å². The van der Waals surface area contributed by atoms with Gasteiger partial charge in [0.15, 0.2) is 0 Å². The van der Waals surface area contributed by atoms with Crippen molar-refractivity contribution in [3.63, 3.8) is 0 Å². The Morgan fingerprint density at radius 2 is 1.59 bits per heavy atom. The molecule has 0 fully saturated rings. The number of nitrogens with zero attached hydrogens (tertiary/aromatic N) is 3. The van der Waals surface area contributed by atoms with Crippen LogP contribution >= 0.6 is 0 Å². The van der Waals surface area contributed by atoms with Crippen LogP contribution in [-0.2, 0) is 18.5 Å². The van der Waals surface area contributed by atoms with Crippen LogP contribution in [0.4, 0.5) is 26.3 Å². The van der Waals surface area contributed by atoms with Crippen molar-refractivity contribution < 1.29 is 36.6 Å². The van der Waals surface area contributed by atoms with Gasteiger partial charge in [0.05, 0.1) is 16.6 Å². The summed E-state index contributed by atoms with van der Waals surface area (Å²) < 4.78 is 81.4. The summed E-state index contributed by atoms with van der Waals surface area (Å²) in [6.45, 7) is -0.184. The molecule has 156 valence electrons. The van der Waals surface area contributed by atoms with Crippen LogP contribution in [0.3, 0.4) is 0 Å². The lowest BCUT2D eigenvalue weighted by Gasteiger charge is -2.27. The summed E-state index contributed by atoms with van der Waals surface area (Å²) in [6, 6.07) is 2.81. The maximum absolute atomic E-state index is 13.9. The van der Waals surface area contributed by atoms with E-state index in [4.69, 9.17) is 0 Å². The normalized spacial score (nSPS) is 13.6. The summed E-state index contributed by atoms with van der Waals surface area (Å²) in [5.74, 6) is -4.39. The second-order valence-electron chi connectivity index (χ2n) is 6.78. The highest BCUT2D eigenvalue weighted by Crippen LogP contribution is 2.44. The van der Waals surface area contributed by atoms with E-state index in [1.165, 1.54) is 25.1 Å². The van der Waals surface area contributed by atoms with E-state index in [0.29, 0.717) is 6.07 Å². The van der Waals surface area contributed by atoms with Crippen LogP contribution in [0, 0.1) is 0 Å². The first-order valence-electron chi connectivity index (χ1n) is 8.18. The highest BCUT2D eigenvalue weighted by molar-refractivity contribution is 6.06. The zero-order valence-electron chi connectivity index (χ0n) is 15.1. The summed E-state index contributed by atoms with van der Waals surface area (Å²) in [7, 11) is 3.04. The predicted molar refractivity (Wildman–Crippen MR) is 91.6 cm³/mol. The van der Waals surface area contributed by atoms with Crippen molar-refractivity contribution in [1.82, 2.24) is 14.9 Å². The van der Waals surface area contributed by atoms with Crippen molar-refractivity contribution >= 4 is 21.8 Å². The number of aliphatic hydroxyl groups is 2. The van der Waals surface area contributed by atoms with Crippen LogP contribution in [0.2, 0.25) is 0 Å². The Labute approximate surface area is 160 Å². The molecule has 0 atom stereocenters. The van der Waals surface area contributed by atoms with E-state index < -0.39 is 34.7 Å². The van der Waals surface area contributed by atoms with Gasteiger partial charge in [-0.1, -0.05) is 6.07 Å². The van der Waals surface area contributed by atoms with Gasteiger partial charge in [-0.3, -0.25) is 9.97 Å². The summed E-state index contributed by atoms with van der Waals surface area (Å²) >= 11 is 0. The molecule has 0 spiro atoms. The molecule has 29 heavy (non-hydrogen) atoms. The maximum Gasteiger partial charge on any atom is 0.447 e. The first kappa shape index (κ1) is 21.2. The third-order valence-corrected chi connectivity index (χ3v) is 4.35. The standard InChI is InChI=1S/C18H15F6N3O2/c1-27(2)8-9-7-26-15-11(13(9)17(19,20)21)6-12(16(28,29)18(22,23)24)10-4-3-5-25-14(10)15/h3-7,28-29H,8H2,1-2H3. The molecule has 2 N–H and O–H groups in total. The second-order valence-corrected chi connectivity index (χ2v) is 6.78. The highest BCUT2D eigenvalue weighted by Gasteiger charge is 2.55. The molecule has 0 unspecified atom stereocenters. The van der Waals surface area contributed by atoms with Gasteiger partial charge in [-0.25, -0.2) is 0 Å². The number of halogens is 6. The number of hydrogen-bond donors (Lipinski definition) is 2. The molecule has 3 aromatic rings. The monoisotopic (exact) mass is 419 g/mol. The van der Waals surface area contributed by atoms with Crippen molar-refractivity contribution in [1.29, 1.82) is 0 Å². The minimum atomic E-state index is -5.56. The summed E-state index contributed by atoms with van der Waals surface area (Å²) in [5, 5.41) is 18.5. The van der Waals surface area contributed by atoms with E-state index in [1.54, 1.807) is 0 Å². The zero-order valence-corrected chi connectivity index (χ0v) is 15.1. The fourth-order valence-corrected chi connectivity index (χ4v) is 3.17. The summed E-state index contributed by atoms with van der Waals surface area (Å²) in [5.41, 5.74) is -3.24. The van der Waals surface area contributed by atoms with Gasteiger partial charge in [0, 0.05) is 35.3 Å². The van der Waals surface area contributed by atoms with Gasteiger partial charge in [0.2, 0.25) is 0 Å². The Kier molecular flexibility index (Phi) is 4.96. The van der Waals surface area contributed by atoms with Crippen molar-refractivity contribution in [2.45, 2.75) is 24.7 Å². The van der Waals surface area contributed by atoms with E-state index in [0.717, 1.165) is 18.5 Å². The van der Waals surface area contributed by atoms with Crippen molar-refractivity contribution in [3.05, 3.63) is 47.3 Å². The lowest BCUT2D eigenvalue weighted by molar-refractivity contribution is -0.357. The average Bonchev–Trinajstić information content (AvgIpc) is 2.57. The third kappa shape index (κ3) is 3.61. The quantitative estimate of drug-likeness (QED) is 0.386. The van der Waals surface area contributed by atoms with Crippen LogP contribution in [0.25, 0.3) is 21.8 Å². The molecule has 1 aromatic carbocycles. The van der Waals surface area contributed by atoms with Gasteiger partial charge in [0.1, 0.15) is 0 Å². The molecule has 5 nitrogen and oxygen atoms in total. The van der Waals surface area contributed by atoms with Gasteiger partial charge in [-0.15, -0.1) is 0 Å². The molecular weight excluding hydrogens is 404 g/mol. The molecule has 0 amide bonds. The summed E-state index contributed by atoms with van der Waals surface area (Å²) in [6.07, 6.45) is -8.33. The molecule has 0 saturated heterocycles. The van der Waals surface area contributed by atoms with E-state index >= 15 is 0 Å². The number of benzene rings is 1. The van der Waals surface area contributed by atoms with Crippen LogP contribution in [0.5, 0.6) is 0 Å². The number of fused-ring (bicyclic) bond motifs is 3. The SMILES string of the molecule is CN(C)Cc1cnc2c(cc(C(O)(O)C(F)(F)F)c3cccnc32)c1C(F)(F)F. The van der Waals surface area contributed by atoms with E-state index in [9.17, 15) is 36.6 Å². The van der Waals surface area contributed by atoms with Crippen molar-refractivity contribution in [2.24, 2.45) is 0 Å². The fourth-order valence-electron chi connectivity index (χ4n) is 3.17. The number of pyridine rings is 2. The largest absolute Gasteiger partial charge is 0.447 e. The maximum atomic E-state index is 13.9. The highest BCUT2D eigenvalue weighted by atomic mass is 19.4. The fraction of sp³-hybridized carbons (Fsp3) is 0.333. The molecular formula is C18H15F6N3O2. The molecule has 11 heteroatoms. The first-order chi connectivity index (χ1) is 13.2. The molecule has 0 aliphatic rings. The smallest absolute Gasteiger partial charge is 0.355 e. The molecule has 0 bridgehead atoms. The Morgan fingerprint density at radius 1 is 0.966 bits per heavy atom. The Morgan fingerprint density at radius 3 is 2.14 bits per heavy atom. The van der Waals surface area contributed by atoms with E-state index in [1.807, 2.05) is 0 Å². The topological polar surface area (TPSA) is 69.5 Å². The van der Waals surface area contributed by atoms with Crippen LogP contribution < -0.4 is 0 Å². The molecule has 2 heterocycles. The average molecular weight is 419 g/mol. The lowest BCUT2D eigenvalue weighted by atomic mass is 9.93. The second kappa shape index (κ2) is 6.78. The van der Waals surface area contributed by atoms with Crippen LogP contribution in [-0.4, -0.2) is 45.4 Å². The van der Waals surface area contributed by atoms with Gasteiger partial charge in [0.25, 0.3) is 5.79 Å². The van der Waals surface area contributed by atoms with Gasteiger partial charge >= 0.3 is 12.4 Å². The number of rotatable bonds is 3. The van der Waals surface area contributed by atoms with E-state index in [-0.39, 0.29) is 28.5 Å². The number of hydrogen-bond acceptors (Lipinski definition) is 5. The molecule has 0 radical (unpaired) electrons. The van der Waals surface area contributed by atoms with Crippen LogP contribution in [0.15, 0.2) is 30.6 Å². The number of aromatic nitrogens is 2. The van der Waals surface area contributed by atoms with Crippen molar-refractivity contribution in [2.75, 3.05) is 14.1 Å². The molecule has 0 saturated carbocycles. The first-order valence-corrected chi connectivity index (χ1v) is 8.18. The number of alkyl halides is 6. The molecule has 3 rings (SSSR count). The zero-order chi connectivity index (χ0) is 21.8. The van der Waals surface area contributed by atoms with Gasteiger partial charge in [-0.2, -0.15) is 26.3 Å². The summed E-state index contributed by atoms with van der Waals surface area (Å²) in [4.78, 5) is 9.28. The Bertz CT molecular complexity index is 1080. The minimum Gasteiger partial charge on any atom is -0.355 e.